The number of hydrogen-bond acceptors (Lipinski definition) is 3. The molecule has 0 saturated carbocycles. The van der Waals surface area contributed by atoms with Gasteiger partial charge in [-0.3, -0.25) is 9.59 Å². The van der Waals surface area contributed by atoms with Crippen LogP contribution in [0.4, 0.5) is 5.69 Å². The van der Waals surface area contributed by atoms with E-state index in [2.05, 4.69) is 10.6 Å². The summed E-state index contributed by atoms with van der Waals surface area (Å²) in [6.07, 6.45) is 2.68. The highest BCUT2D eigenvalue weighted by molar-refractivity contribution is 5.92. The van der Waals surface area contributed by atoms with Crippen LogP contribution in [0.3, 0.4) is 0 Å². The van der Waals surface area contributed by atoms with Crippen molar-refractivity contribution in [3.05, 3.63) is 30.3 Å². The molecule has 1 aromatic carbocycles. The molecule has 2 rings (SSSR count). The van der Waals surface area contributed by atoms with Crippen LogP contribution in [0.5, 0.6) is 0 Å². The zero-order chi connectivity index (χ0) is 14.2. The predicted molar refractivity (Wildman–Crippen MR) is 78.4 cm³/mol. The van der Waals surface area contributed by atoms with E-state index in [1.54, 1.807) is 0 Å². The first-order valence-electron chi connectivity index (χ1n) is 7.09. The second-order valence-corrected chi connectivity index (χ2v) is 4.93. The molecule has 2 N–H and O–H groups in total. The van der Waals surface area contributed by atoms with Crippen LogP contribution >= 0.6 is 0 Å². The van der Waals surface area contributed by atoms with Crippen molar-refractivity contribution >= 4 is 17.5 Å². The van der Waals surface area contributed by atoms with Gasteiger partial charge in [0.1, 0.15) is 0 Å². The van der Waals surface area contributed by atoms with E-state index < -0.39 is 0 Å². The molecular weight excluding hydrogens is 254 g/mol. The van der Waals surface area contributed by atoms with Gasteiger partial charge >= 0.3 is 0 Å². The average Bonchev–Trinajstić information content (AvgIpc) is 2.99. The number of likely N-dealkylation sites (tertiary alicyclic amines) is 1. The van der Waals surface area contributed by atoms with Crippen molar-refractivity contribution < 1.29 is 9.59 Å². The number of rotatable bonds is 6. The molecule has 0 atom stereocenters. The van der Waals surface area contributed by atoms with E-state index in [1.807, 2.05) is 35.2 Å². The Morgan fingerprint density at radius 2 is 1.80 bits per heavy atom. The minimum absolute atomic E-state index is 0.0928. The topological polar surface area (TPSA) is 61.4 Å². The summed E-state index contributed by atoms with van der Waals surface area (Å²) in [6.45, 7) is 2.53. The quantitative estimate of drug-likeness (QED) is 0.768. The first-order valence-corrected chi connectivity index (χ1v) is 7.09. The van der Waals surface area contributed by atoms with Gasteiger partial charge in [-0.2, -0.15) is 0 Å². The Labute approximate surface area is 119 Å². The fourth-order valence-electron chi connectivity index (χ4n) is 2.25. The van der Waals surface area contributed by atoms with E-state index in [0.717, 1.165) is 31.6 Å². The lowest BCUT2D eigenvalue weighted by Gasteiger charge is -2.15. The Balaban J connectivity index is 1.58. The number of amides is 2. The number of nitrogens with one attached hydrogen (secondary N) is 2. The van der Waals surface area contributed by atoms with Crippen molar-refractivity contribution in [2.24, 2.45) is 0 Å². The van der Waals surface area contributed by atoms with Crippen LogP contribution in [0.25, 0.3) is 0 Å². The molecule has 5 heteroatoms. The van der Waals surface area contributed by atoms with Crippen molar-refractivity contribution in [3.63, 3.8) is 0 Å². The molecule has 0 spiro atoms. The maximum atomic E-state index is 11.8. The van der Waals surface area contributed by atoms with Crippen LogP contribution in [0.1, 0.15) is 19.3 Å². The highest BCUT2D eigenvalue weighted by Crippen LogP contribution is 2.08. The van der Waals surface area contributed by atoms with Gasteiger partial charge in [0, 0.05) is 31.7 Å². The Kier molecular flexibility index (Phi) is 5.55. The van der Waals surface area contributed by atoms with E-state index in [4.69, 9.17) is 0 Å². The molecule has 0 aliphatic carbocycles. The standard InChI is InChI=1S/C15H21N3O2/c19-14(17-13-6-2-1-3-7-13)12-16-9-8-15(20)18-10-4-5-11-18/h1-3,6-7,16H,4-5,8-12H2,(H,17,19). The molecule has 108 valence electrons. The van der Waals surface area contributed by atoms with Crippen LogP contribution in [-0.2, 0) is 9.59 Å². The number of nitrogens with zero attached hydrogens (tertiary/aromatic N) is 1. The van der Waals surface area contributed by atoms with Gasteiger partial charge in [-0.05, 0) is 25.0 Å². The molecule has 1 heterocycles. The van der Waals surface area contributed by atoms with Crippen LogP contribution in [0.15, 0.2) is 30.3 Å². The summed E-state index contributed by atoms with van der Waals surface area (Å²) in [5.41, 5.74) is 0.785. The third-order valence-corrected chi connectivity index (χ3v) is 3.32. The van der Waals surface area contributed by atoms with Crippen molar-refractivity contribution in [2.75, 3.05) is 31.5 Å². The first kappa shape index (κ1) is 14.5. The maximum Gasteiger partial charge on any atom is 0.238 e. The van der Waals surface area contributed by atoms with Gasteiger partial charge in [-0.25, -0.2) is 0 Å². The van der Waals surface area contributed by atoms with Gasteiger partial charge < -0.3 is 15.5 Å². The monoisotopic (exact) mass is 275 g/mol. The molecule has 0 radical (unpaired) electrons. The number of hydrogen-bond donors (Lipinski definition) is 2. The molecule has 2 amide bonds. The number of para-hydroxylation sites is 1. The number of benzene rings is 1. The second kappa shape index (κ2) is 7.65. The normalized spacial score (nSPS) is 14.3. The molecule has 0 unspecified atom stereocenters. The van der Waals surface area contributed by atoms with Gasteiger partial charge in [0.15, 0.2) is 0 Å². The van der Waals surface area contributed by atoms with E-state index in [0.29, 0.717) is 13.0 Å². The number of carbonyl (C=O) groups is 2. The lowest BCUT2D eigenvalue weighted by Crippen LogP contribution is -2.33. The first-order chi connectivity index (χ1) is 9.75. The summed E-state index contributed by atoms with van der Waals surface area (Å²) in [5.74, 6) is 0.0864. The summed E-state index contributed by atoms with van der Waals surface area (Å²) in [5, 5.41) is 5.79. The number of carbonyl (C=O) groups excluding carboxylic acids is 2. The van der Waals surface area contributed by atoms with E-state index >= 15 is 0 Å². The zero-order valence-corrected chi connectivity index (χ0v) is 11.6. The lowest BCUT2D eigenvalue weighted by molar-refractivity contribution is -0.130. The van der Waals surface area contributed by atoms with Crippen LogP contribution in [0.2, 0.25) is 0 Å². The SMILES string of the molecule is O=C(CNCCC(=O)N1CCCC1)Nc1ccccc1. The van der Waals surface area contributed by atoms with Crippen molar-refractivity contribution in [2.45, 2.75) is 19.3 Å². The van der Waals surface area contributed by atoms with Crippen molar-refractivity contribution in [3.8, 4) is 0 Å². The Hall–Kier alpha value is -1.88. The van der Waals surface area contributed by atoms with Crippen LogP contribution in [0, 0.1) is 0 Å². The summed E-state index contributed by atoms with van der Waals surface area (Å²) >= 11 is 0. The summed E-state index contributed by atoms with van der Waals surface area (Å²) in [4.78, 5) is 25.3. The van der Waals surface area contributed by atoms with Gasteiger partial charge in [-0.15, -0.1) is 0 Å². The third kappa shape index (κ3) is 4.66. The molecule has 1 fully saturated rings. The summed E-state index contributed by atoms with van der Waals surface area (Å²) < 4.78 is 0. The molecule has 1 aliphatic heterocycles. The smallest absolute Gasteiger partial charge is 0.238 e. The molecule has 1 aliphatic rings. The molecule has 1 aromatic rings. The predicted octanol–water partition coefficient (Wildman–Crippen LogP) is 1.23. The van der Waals surface area contributed by atoms with Gasteiger partial charge in [0.05, 0.1) is 6.54 Å². The third-order valence-electron chi connectivity index (χ3n) is 3.32. The Morgan fingerprint density at radius 3 is 2.50 bits per heavy atom. The van der Waals surface area contributed by atoms with Gasteiger partial charge in [0.2, 0.25) is 11.8 Å². The van der Waals surface area contributed by atoms with E-state index in [1.165, 1.54) is 0 Å². The summed E-state index contributed by atoms with van der Waals surface area (Å²) in [7, 11) is 0. The minimum Gasteiger partial charge on any atom is -0.343 e. The summed E-state index contributed by atoms with van der Waals surface area (Å²) in [6, 6.07) is 9.33. The zero-order valence-electron chi connectivity index (χ0n) is 11.6. The second-order valence-electron chi connectivity index (χ2n) is 4.93. The average molecular weight is 275 g/mol. The van der Waals surface area contributed by atoms with Crippen molar-refractivity contribution in [1.82, 2.24) is 10.2 Å². The Morgan fingerprint density at radius 1 is 1.10 bits per heavy atom. The van der Waals surface area contributed by atoms with E-state index in [9.17, 15) is 9.59 Å². The van der Waals surface area contributed by atoms with Gasteiger partial charge in [0.25, 0.3) is 0 Å². The molecule has 0 aromatic heterocycles. The van der Waals surface area contributed by atoms with Crippen LogP contribution in [-0.4, -0.2) is 42.9 Å². The molecular formula is C15H21N3O2. The van der Waals surface area contributed by atoms with E-state index in [-0.39, 0.29) is 18.4 Å². The fraction of sp³-hybridized carbons (Fsp3) is 0.467. The number of anilines is 1. The minimum atomic E-state index is -0.0928. The fourth-order valence-corrected chi connectivity index (χ4v) is 2.25. The van der Waals surface area contributed by atoms with Crippen LogP contribution < -0.4 is 10.6 Å². The largest absolute Gasteiger partial charge is 0.343 e. The lowest BCUT2D eigenvalue weighted by atomic mass is 10.3. The van der Waals surface area contributed by atoms with Crippen molar-refractivity contribution in [1.29, 1.82) is 0 Å². The van der Waals surface area contributed by atoms with Gasteiger partial charge in [-0.1, -0.05) is 18.2 Å². The molecule has 20 heavy (non-hydrogen) atoms. The molecule has 0 bridgehead atoms. The molecule has 5 nitrogen and oxygen atoms in total. The highest BCUT2D eigenvalue weighted by Gasteiger charge is 2.16. The highest BCUT2D eigenvalue weighted by atomic mass is 16.2. The Bertz CT molecular complexity index is 442. The maximum absolute atomic E-state index is 11.8. The molecule has 1 saturated heterocycles.